The minimum Gasteiger partial charge on any atom is -0.483 e. The first-order valence-electron chi connectivity index (χ1n) is 7.11. The molecule has 0 atom stereocenters. The van der Waals surface area contributed by atoms with Gasteiger partial charge in [0, 0.05) is 11.5 Å². The summed E-state index contributed by atoms with van der Waals surface area (Å²) in [7, 11) is 0. The van der Waals surface area contributed by atoms with Gasteiger partial charge in [0.15, 0.2) is 17.0 Å². The van der Waals surface area contributed by atoms with Crippen molar-refractivity contribution in [1.29, 1.82) is 0 Å². The molecule has 0 aliphatic heterocycles. The molecular weight excluding hydrogens is 394 g/mol. The van der Waals surface area contributed by atoms with Gasteiger partial charge in [0.1, 0.15) is 5.75 Å². The van der Waals surface area contributed by atoms with Crippen LogP contribution in [0.25, 0.3) is 11.6 Å². The van der Waals surface area contributed by atoms with Crippen LogP contribution in [0.2, 0.25) is 0 Å². The number of ether oxygens (including phenoxy) is 1. The van der Waals surface area contributed by atoms with Gasteiger partial charge in [-0.15, -0.1) is 0 Å². The number of hydrogen-bond donors (Lipinski definition) is 1. The largest absolute Gasteiger partial charge is 0.483 e. The molecule has 6 nitrogen and oxygen atoms in total. The molecule has 124 valence electrons. The molecule has 3 aromatic rings. The lowest BCUT2D eigenvalue weighted by Crippen LogP contribution is -2.20. The number of furan rings is 1. The topological polar surface area (TPSA) is 77.2 Å². The van der Waals surface area contributed by atoms with E-state index in [0.29, 0.717) is 27.1 Å². The van der Waals surface area contributed by atoms with Crippen molar-refractivity contribution in [2.24, 2.45) is 0 Å². The second kappa shape index (κ2) is 7.14. The Labute approximate surface area is 151 Å². The molecule has 0 saturated heterocycles. The van der Waals surface area contributed by atoms with Crippen molar-refractivity contribution in [2.75, 3.05) is 11.9 Å². The zero-order chi connectivity index (χ0) is 17.1. The van der Waals surface area contributed by atoms with Crippen molar-refractivity contribution in [3.8, 4) is 17.3 Å². The number of benzene rings is 1. The van der Waals surface area contributed by atoms with Gasteiger partial charge in [-0.25, -0.2) is 0 Å². The summed E-state index contributed by atoms with van der Waals surface area (Å²) in [5.41, 5.74) is 2.14. The summed E-state index contributed by atoms with van der Waals surface area (Å²) in [6.45, 7) is 3.87. The Morgan fingerprint density at radius 3 is 2.92 bits per heavy atom. The van der Waals surface area contributed by atoms with Crippen LogP contribution >= 0.6 is 27.5 Å². The minimum absolute atomic E-state index is 0.0918. The smallest absolute Gasteiger partial charge is 0.264 e. The number of aryl methyl sites for hydroxylation is 1. The third-order valence-electron chi connectivity index (χ3n) is 3.38. The van der Waals surface area contributed by atoms with Gasteiger partial charge in [-0.3, -0.25) is 10.1 Å². The Morgan fingerprint density at radius 1 is 1.33 bits per heavy atom. The lowest BCUT2D eigenvalue weighted by Gasteiger charge is -2.10. The van der Waals surface area contributed by atoms with Crippen molar-refractivity contribution < 1.29 is 13.9 Å². The molecule has 0 radical (unpaired) electrons. The van der Waals surface area contributed by atoms with Gasteiger partial charge in [-0.2, -0.15) is 9.36 Å². The maximum absolute atomic E-state index is 12.0. The van der Waals surface area contributed by atoms with Gasteiger partial charge in [0.05, 0.1) is 0 Å². The number of aromatic nitrogens is 2. The standard InChI is InChI=1S/C16H14BrN3O3S/c1-9-4-3-5-11(10(9)2)22-8-14(21)18-16-19-15(20-24-16)12-6-7-13(17)23-12/h3-7H,8H2,1-2H3,(H,18,19,20,21). The molecule has 1 aromatic carbocycles. The van der Waals surface area contributed by atoms with Gasteiger partial charge >= 0.3 is 0 Å². The first-order valence-corrected chi connectivity index (χ1v) is 8.68. The Morgan fingerprint density at radius 2 is 2.17 bits per heavy atom. The molecule has 0 saturated carbocycles. The zero-order valence-electron chi connectivity index (χ0n) is 13.0. The normalized spacial score (nSPS) is 10.6. The summed E-state index contributed by atoms with van der Waals surface area (Å²) >= 11 is 4.31. The molecule has 0 unspecified atom stereocenters. The number of amides is 1. The van der Waals surface area contributed by atoms with Crippen LogP contribution in [-0.4, -0.2) is 21.9 Å². The fourth-order valence-corrected chi connectivity index (χ4v) is 2.89. The van der Waals surface area contributed by atoms with Crippen LogP contribution in [0.1, 0.15) is 11.1 Å². The summed E-state index contributed by atoms with van der Waals surface area (Å²) in [6.07, 6.45) is 0. The van der Waals surface area contributed by atoms with E-state index in [1.165, 1.54) is 0 Å². The van der Waals surface area contributed by atoms with E-state index in [-0.39, 0.29) is 12.5 Å². The van der Waals surface area contributed by atoms with Crippen LogP contribution in [0.3, 0.4) is 0 Å². The molecule has 1 amide bonds. The Hall–Kier alpha value is -2.19. The number of carbonyl (C=O) groups is 1. The van der Waals surface area contributed by atoms with E-state index in [1.807, 2.05) is 32.0 Å². The van der Waals surface area contributed by atoms with Crippen LogP contribution < -0.4 is 10.1 Å². The molecule has 2 heterocycles. The Balaban J connectivity index is 1.59. The number of nitrogens with one attached hydrogen (secondary N) is 1. The summed E-state index contributed by atoms with van der Waals surface area (Å²) in [5, 5.41) is 3.07. The zero-order valence-corrected chi connectivity index (χ0v) is 15.4. The molecule has 0 spiro atoms. The highest BCUT2D eigenvalue weighted by Crippen LogP contribution is 2.25. The average Bonchev–Trinajstić information content (AvgIpc) is 3.18. The number of rotatable bonds is 5. The number of carbonyl (C=O) groups excluding carboxylic acids is 1. The van der Waals surface area contributed by atoms with E-state index in [2.05, 4.69) is 30.6 Å². The molecule has 1 N–H and O–H groups in total. The SMILES string of the molecule is Cc1cccc(OCC(=O)Nc2nc(-c3ccc(Br)o3)ns2)c1C. The van der Waals surface area contributed by atoms with E-state index < -0.39 is 0 Å². The summed E-state index contributed by atoms with van der Waals surface area (Å²) < 4.78 is 15.7. The minimum atomic E-state index is -0.292. The Kier molecular flexibility index (Phi) is 4.96. The molecular formula is C16H14BrN3O3S. The van der Waals surface area contributed by atoms with Gasteiger partial charge in [0.2, 0.25) is 11.0 Å². The van der Waals surface area contributed by atoms with Crippen LogP contribution in [0, 0.1) is 13.8 Å². The quantitative estimate of drug-likeness (QED) is 0.685. The number of nitrogens with zero attached hydrogens (tertiary/aromatic N) is 2. The number of halogens is 1. The van der Waals surface area contributed by atoms with E-state index in [1.54, 1.807) is 12.1 Å². The van der Waals surface area contributed by atoms with Crippen LogP contribution in [0.5, 0.6) is 5.75 Å². The monoisotopic (exact) mass is 407 g/mol. The third-order valence-corrected chi connectivity index (χ3v) is 4.44. The average molecular weight is 408 g/mol. The van der Waals surface area contributed by atoms with Crippen molar-refractivity contribution in [3.05, 3.63) is 46.1 Å². The van der Waals surface area contributed by atoms with Crippen molar-refractivity contribution in [1.82, 2.24) is 9.36 Å². The van der Waals surface area contributed by atoms with E-state index in [9.17, 15) is 4.79 Å². The maximum Gasteiger partial charge on any atom is 0.264 e. The predicted molar refractivity (Wildman–Crippen MR) is 95.4 cm³/mol. The second-order valence-corrected chi connectivity index (χ2v) is 6.60. The maximum atomic E-state index is 12.0. The van der Waals surface area contributed by atoms with E-state index in [4.69, 9.17) is 9.15 Å². The molecule has 0 fully saturated rings. The summed E-state index contributed by atoms with van der Waals surface area (Å²) in [6, 6.07) is 9.24. The highest BCUT2D eigenvalue weighted by atomic mass is 79.9. The summed E-state index contributed by atoms with van der Waals surface area (Å²) in [5.74, 6) is 1.37. The fraction of sp³-hybridized carbons (Fsp3) is 0.188. The second-order valence-electron chi connectivity index (χ2n) is 5.06. The Bertz CT molecular complexity index is 875. The van der Waals surface area contributed by atoms with Gasteiger partial charge < -0.3 is 9.15 Å². The first-order chi connectivity index (χ1) is 11.5. The predicted octanol–water partition coefficient (Wildman–Crippen LogP) is 4.19. The van der Waals surface area contributed by atoms with E-state index in [0.717, 1.165) is 22.7 Å². The van der Waals surface area contributed by atoms with Gasteiger partial charge in [-0.1, -0.05) is 12.1 Å². The molecule has 8 heteroatoms. The van der Waals surface area contributed by atoms with Gasteiger partial charge in [-0.05, 0) is 59.1 Å². The van der Waals surface area contributed by atoms with Crippen LogP contribution in [-0.2, 0) is 4.79 Å². The van der Waals surface area contributed by atoms with Crippen molar-refractivity contribution in [3.63, 3.8) is 0 Å². The highest BCUT2D eigenvalue weighted by Gasteiger charge is 2.13. The van der Waals surface area contributed by atoms with Crippen LogP contribution in [0.15, 0.2) is 39.4 Å². The van der Waals surface area contributed by atoms with Crippen molar-refractivity contribution >= 4 is 38.5 Å². The number of hydrogen-bond acceptors (Lipinski definition) is 6. The highest BCUT2D eigenvalue weighted by molar-refractivity contribution is 9.10. The third kappa shape index (κ3) is 3.82. The lowest BCUT2D eigenvalue weighted by molar-refractivity contribution is -0.118. The molecule has 0 aliphatic rings. The van der Waals surface area contributed by atoms with E-state index >= 15 is 0 Å². The molecule has 2 aromatic heterocycles. The fourth-order valence-electron chi connectivity index (χ4n) is 1.99. The molecule has 0 aliphatic carbocycles. The molecule has 0 bridgehead atoms. The summed E-state index contributed by atoms with van der Waals surface area (Å²) in [4.78, 5) is 16.2. The first kappa shape index (κ1) is 16.7. The van der Waals surface area contributed by atoms with Gasteiger partial charge in [0.25, 0.3) is 5.91 Å². The van der Waals surface area contributed by atoms with Crippen LogP contribution in [0.4, 0.5) is 5.13 Å². The molecule has 24 heavy (non-hydrogen) atoms. The van der Waals surface area contributed by atoms with Crippen molar-refractivity contribution in [2.45, 2.75) is 13.8 Å². The lowest BCUT2D eigenvalue weighted by atomic mass is 10.1. The molecule has 3 rings (SSSR count). The number of anilines is 1.